The van der Waals surface area contributed by atoms with Gasteiger partial charge in [0.1, 0.15) is 23.3 Å². The van der Waals surface area contributed by atoms with Crippen LogP contribution in [0.1, 0.15) is 155 Å². The van der Waals surface area contributed by atoms with E-state index >= 15 is 0 Å². The minimum Gasteiger partial charge on any atom is -0.395 e. The molecule has 6 aromatic carbocycles. The summed E-state index contributed by atoms with van der Waals surface area (Å²) in [5, 5.41) is 55.6. The number of aliphatic hydroxyl groups excluding tert-OH is 2. The third-order valence-corrected chi connectivity index (χ3v) is 27.3. The molecule has 3 aliphatic heterocycles. The fourth-order valence-electron chi connectivity index (χ4n) is 19.4. The number of β-amino-alcohol motifs (C(OH)–C–C–N with tert-alkyl or cyclic N) is 1. The van der Waals surface area contributed by atoms with E-state index in [4.69, 9.17) is 11.6 Å². The Bertz CT molecular complexity index is 4710. The van der Waals surface area contributed by atoms with Crippen LogP contribution in [0.3, 0.4) is 0 Å². The van der Waals surface area contributed by atoms with Crippen molar-refractivity contribution in [1.29, 1.82) is 15.8 Å². The summed E-state index contributed by atoms with van der Waals surface area (Å²) in [6, 6.07) is 38.8. The van der Waals surface area contributed by atoms with E-state index in [1.807, 2.05) is 64.4 Å². The smallest absolute Gasteiger partial charge is 0.395 e. The third-order valence-electron chi connectivity index (χ3n) is 25.7. The number of halogens is 8. The molecule has 3 unspecified atom stereocenters. The van der Waals surface area contributed by atoms with Gasteiger partial charge in [-0.2, -0.15) is 29.0 Å². The van der Waals surface area contributed by atoms with Gasteiger partial charge in [0.2, 0.25) is 10.0 Å². The van der Waals surface area contributed by atoms with Gasteiger partial charge in [-0.3, -0.25) is 4.90 Å². The second-order valence-corrected chi connectivity index (χ2v) is 34.9. The largest absolute Gasteiger partial charge is 0.419 e. The zero-order valence-electron chi connectivity index (χ0n) is 63.2. The van der Waals surface area contributed by atoms with Crippen molar-refractivity contribution in [1.82, 2.24) is 28.8 Å². The highest BCUT2D eigenvalue weighted by atomic mass is 35.5. The number of likely N-dealkylation sites (tertiary alicyclic amines) is 2. The lowest BCUT2D eigenvalue weighted by molar-refractivity contribution is -0.139. The Balaban J connectivity index is 0.000000149. The van der Waals surface area contributed by atoms with Crippen molar-refractivity contribution in [3.63, 3.8) is 0 Å². The number of nitriles is 3. The molecule has 19 nitrogen and oxygen atoms in total. The van der Waals surface area contributed by atoms with Crippen LogP contribution >= 0.6 is 11.6 Å². The minimum atomic E-state index is -4.90. The van der Waals surface area contributed by atoms with E-state index < -0.39 is 51.1 Å². The molecule has 6 aliphatic carbocycles. The van der Waals surface area contributed by atoms with Gasteiger partial charge in [-0.05, 0) is 270 Å². The van der Waals surface area contributed by atoms with Gasteiger partial charge in [0.05, 0.1) is 64.5 Å². The number of alkyl halides is 3. The second-order valence-electron chi connectivity index (χ2n) is 32.6. The van der Waals surface area contributed by atoms with Crippen molar-refractivity contribution >= 4 is 56.8 Å². The van der Waals surface area contributed by atoms with Crippen LogP contribution in [0.4, 0.5) is 62.2 Å². The molecule has 28 heteroatoms. The average Bonchev–Trinajstić information content (AvgIpc) is 1.57. The first-order valence-corrected chi connectivity index (χ1v) is 41.6. The predicted octanol–water partition coefficient (Wildman–Crippen LogP) is 15.5. The maximum Gasteiger partial charge on any atom is 0.419 e. The van der Waals surface area contributed by atoms with E-state index in [0.717, 1.165) is 139 Å². The van der Waals surface area contributed by atoms with Crippen LogP contribution in [0, 0.1) is 80.9 Å². The van der Waals surface area contributed by atoms with Gasteiger partial charge >= 0.3 is 24.3 Å². The first-order valence-electron chi connectivity index (χ1n) is 39.3. The average molecular weight is 1600 g/mol. The third kappa shape index (κ3) is 19.2. The lowest BCUT2D eigenvalue weighted by Gasteiger charge is -2.40. The number of hydrogen-bond acceptors (Lipinski definition) is 12. The Morgan fingerprint density at radius 3 is 1.51 bits per heavy atom. The zero-order valence-corrected chi connectivity index (χ0v) is 64.8. The molecule has 9 aliphatic rings. The number of amides is 6. The maximum atomic E-state index is 13.8. The SMILES string of the molecule is CS(=O)(=O)N1CCC(CN(C(=O)Nc2ccc(F)c(C(F)(F)F)c2)[C@@H]2CC[C@]3(c4cccc(C#N)c4)CC3C2)CC1.N#Cc1cccc([C@@]23CC[C@@H](N(CCCN4CC[C@H](O)C4)C(=O)Nc4cc(F)cc(F)c4)CC2C3)c1.N#Cc1cccc([C@@]23CC[C@@H](N(CCN4CCC[C@H]4CO)C(=O)Nc4ccc(F)c(Cl)c4)CC2C3)c1. The fraction of sp³-hybridized carbons (Fsp3) is 0.506. The van der Waals surface area contributed by atoms with Crippen molar-refractivity contribution in [2.75, 3.05) is 94.3 Å². The number of anilines is 3. The lowest BCUT2D eigenvalue weighted by atomic mass is 9.79. The van der Waals surface area contributed by atoms with Crippen LogP contribution in [0.5, 0.6) is 0 Å². The van der Waals surface area contributed by atoms with Gasteiger partial charge in [-0.1, -0.05) is 48.0 Å². The van der Waals surface area contributed by atoms with Crippen LogP contribution in [0.2, 0.25) is 5.02 Å². The number of carbonyl (C=O) groups excluding carboxylic acids is 3. The van der Waals surface area contributed by atoms with Crippen LogP contribution < -0.4 is 16.0 Å². The quantitative estimate of drug-likeness (QED) is 0.0448. The van der Waals surface area contributed by atoms with Crippen molar-refractivity contribution in [2.24, 2.45) is 23.7 Å². The summed E-state index contributed by atoms with van der Waals surface area (Å²) >= 11 is 5.93. The second kappa shape index (κ2) is 34.7. The number of nitrogens with one attached hydrogen (secondary N) is 3. The lowest BCUT2D eigenvalue weighted by Crippen LogP contribution is -2.49. The van der Waals surface area contributed by atoms with Gasteiger partial charge in [0.25, 0.3) is 0 Å². The number of aliphatic hydroxyl groups is 2. The van der Waals surface area contributed by atoms with Gasteiger partial charge in [0.15, 0.2) is 0 Å². The summed E-state index contributed by atoms with van der Waals surface area (Å²) in [5.41, 5.74) is 4.68. The molecule has 113 heavy (non-hydrogen) atoms. The molecule has 0 radical (unpaired) electrons. The number of sulfonamides is 1. The van der Waals surface area contributed by atoms with Crippen molar-refractivity contribution in [3.05, 3.63) is 195 Å². The van der Waals surface area contributed by atoms with Gasteiger partial charge in [-0.15, -0.1) is 0 Å². The Hall–Kier alpha value is -8.85. The summed E-state index contributed by atoms with van der Waals surface area (Å²) in [7, 11) is -3.32. The van der Waals surface area contributed by atoms with E-state index in [1.165, 1.54) is 39.9 Å². The Kier molecular flexibility index (Phi) is 25.2. The Morgan fingerprint density at radius 2 is 1.05 bits per heavy atom. The number of nitrogens with zero attached hydrogens (tertiary/aromatic N) is 9. The zero-order chi connectivity index (χ0) is 80.2. The molecule has 0 spiro atoms. The van der Waals surface area contributed by atoms with E-state index in [-0.39, 0.29) is 87.5 Å². The van der Waals surface area contributed by atoms with Crippen LogP contribution in [-0.2, 0) is 32.4 Å². The summed E-state index contributed by atoms with van der Waals surface area (Å²) in [6.07, 6.45) is 11.4. The predicted molar refractivity (Wildman–Crippen MR) is 415 cm³/mol. The minimum absolute atomic E-state index is 0.0240. The van der Waals surface area contributed by atoms with Crippen LogP contribution in [0.15, 0.2) is 127 Å². The Labute approximate surface area is 660 Å². The monoisotopic (exact) mass is 1600 g/mol. The van der Waals surface area contributed by atoms with Gasteiger partial charge < -0.3 is 45.8 Å². The molecule has 3 heterocycles. The van der Waals surface area contributed by atoms with Crippen LogP contribution in [-0.4, -0.2) is 174 Å². The molecule has 6 aromatic rings. The molecule has 0 aromatic heterocycles. The molecule has 5 N–H and O–H groups in total. The molecule has 0 bridgehead atoms. The highest BCUT2D eigenvalue weighted by Crippen LogP contribution is 2.65. The molecule has 9 fully saturated rings. The van der Waals surface area contributed by atoms with Crippen molar-refractivity contribution in [3.8, 4) is 18.2 Å². The number of piperidine rings is 1. The normalized spacial score (nSPS) is 26.5. The Morgan fingerprint density at radius 1 is 0.575 bits per heavy atom. The summed E-state index contributed by atoms with van der Waals surface area (Å²) < 4.78 is 120. The number of rotatable bonds is 20. The molecule has 600 valence electrons. The standard InChI is InChI=1S/C29H32F4N4O3S.C28H32ClFN4O2.C28H32F2N4O2/c1-41(39,40)36-11-8-19(9-12-36)18-37(27(38)35-23-5-6-26(30)25(15-23)29(31,32)33)24-7-10-28(16-22(28)14-24)21-4-2-3-20(13-21)17-34;29-25-15-22(6-7-26(25)30)32-27(36)34(12-11-33-10-2-5-24(33)18-35)23-8-9-28(16-21(28)14-23)20-4-1-3-19(13-20)17-31;29-22-13-23(30)15-24(14-22)32-27(36)34(9-2-8-33-10-6-26(35)18-33)25-5-7-28(16-21(28)12-25)20-4-1-3-19(11-20)17-31/h2-6,13,15,19,22,24H,7-12,14,16,18H2,1H3,(H,35,38);1,3-4,6-7,13,15,21,23-24,35H,2,5,8-12,14,16,18H2,(H,32,36);1,3-4,11,13-15,21,25-26,35H,2,5-10,12,16,18H2,(H,32,36)/t22?,24-,28-;21?,23-,24+,28+;21?,25-,26+,28+/m111/s1. The molecular formula is C85H96ClF7N12O7S. The number of fused-ring (bicyclic) bond motifs is 3. The van der Waals surface area contributed by atoms with E-state index in [1.54, 1.807) is 11.0 Å². The molecular weight excluding hydrogens is 1500 g/mol. The van der Waals surface area contributed by atoms with Crippen LogP contribution in [0.25, 0.3) is 0 Å². The summed E-state index contributed by atoms with van der Waals surface area (Å²) in [6.45, 7) is 6.19. The number of hydrogen-bond donors (Lipinski definition) is 5. The van der Waals surface area contributed by atoms with E-state index in [9.17, 15) is 79.5 Å². The van der Waals surface area contributed by atoms with E-state index in [0.29, 0.717) is 124 Å². The number of benzene rings is 6. The molecule has 6 amide bonds. The molecule has 3 saturated heterocycles. The topological polar surface area (TPSA) is 253 Å². The number of urea groups is 3. The van der Waals surface area contributed by atoms with Crippen molar-refractivity contribution in [2.45, 2.75) is 168 Å². The van der Waals surface area contributed by atoms with Crippen molar-refractivity contribution < 1.29 is 63.7 Å². The van der Waals surface area contributed by atoms with E-state index in [2.05, 4.69) is 56.1 Å². The fourth-order valence-corrected chi connectivity index (χ4v) is 20.4. The molecule has 6 saturated carbocycles. The highest BCUT2D eigenvalue weighted by molar-refractivity contribution is 7.88. The van der Waals surface area contributed by atoms with Gasteiger partial charge in [0, 0.05) is 99.7 Å². The first kappa shape index (κ1) is 82.1. The van der Waals surface area contributed by atoms with Gasteiger partial charge in [-0.25, -0.2) is 44.7 Å². The first-order chi connectivity index (χ1) is 54.1. The molecule has 11 atom stereocenters. The summed E-state index contributed by atoms with van der Waals surface area (Å²) in [5.74, 6) is -2.14. The molecule has 15 rings (SSSR count). The summed E-state index contributed by atoms with van der Waals surface area (Å²) in [4.78, 5) is 50.4. The maximum absolute atomic E-state index is 13.8. The number of carbonyl (C=O) groups is 3. The highest BCUT2D eigenvalue weighted by Gasteiger charge is 2.61.